The smallest absolute Gasteiger partial charge is 0.307 e. The zero-order valence-corrected chi connectivity index (χ0v) is 25.8. The minimum atomic E-state index is -2.14. The fourth-order valence-electron chi connectivity index (χ4n) is 5.61. The molecule has 246 valence electrons. The first kappa shape index (κ1) is 34.3. The molecule has 2 heterocycles. The van der Waals surface area contributed by atoms with E-state index >= 15 is 0 Å². The summed E-state index contributed by atoms with van der Waals surface area (Å²) < 4.78 is 30.0. The highest BCUT2D eigenvalue weighted by Gasteiger charge is 2.58. The maximum Gasteiger partial charge on any atom is 0.307 e. The summed E-state index contributed by atoms with van der Waals surface area (Å²) in [6, 6.07) is 15.9. The minimum Gasteiger partial charge on any atom is -0.481 e. The van der Waals surface area contributed by atoms with Crippen molar-refractivity contribution < 1.29 is 47.7 Å². The number of benzene rings is 2. The molecular weight excluding hydrogens is 601 g/mol. The van der Waals surface area contributed by atoms with Gasteiger partial charge in [-0.1, -0.05) is 42.5 Å². The van der Waals surface area contributed by atoms with E-state index in [-0.39, 0.29) is 6.42 Å². The number of carboxylic acid groups (broad SMARTS) is 1. The van der Waals surface area contributed by atoms with Crippen LogP contribution in [0.1, 0.15) is 49.1 Å². The zero-order valence-electron chi connectivity index (χ0n) is 25.8. The number of carboxylic acids is 1. The molecule has 0 bridgehead atoms. The van der Waals surface area contributed by atoms with Gasteiger partial charge in [-0.05, 0) is 48.7 Å². The predicted molar refractivity (Wildman–Crippen MR) is 165 cm³/mol. The van der Waals surface area contributed by atoms with Crippen LogP contribution in [0.5, 0.6) is 0 Å². The number of alkyl halides is 1. The number of hydroxylamine groups is 1. The molecule has 46 heavy (non-hydrogen) atoms. The molecule has 12 nitrogen and oxygen atoms in total. The van der Waals surface area contributed by atoms with Gasteiger partial charge in [-0.3, -0.25) is 19.2 Å². The Morgan fingerprint density at radius 3 is 2.52 bits per heavy atom. The standard InChI is InChI=1S/C33H38FN3O9/c1-20-25(26-6-4-5-7-27(26)36-20)14-15-35-19-24-10-8-23(9-11-24)12-13-30(40)37-46-32-16-28(43-21(2)38)33(17-31(41)42,45-22(3)39)29(18-34)44-32/h4-13,28-29,32,35-36H,14-19H2,1-3H3,(H,37,40)(H,41,42)/b13-12+/t28-,29+,32-,33+/m0/s1. The summed E-state index contributed by atoms with van der Waals surface area (Å²) in [4.78, 5) is 56.3. The average Bonchev–Trinajstić information content (AvgIpc) is 3.32. The van der Waals surface area contributed by atoms with Crippen molar-refractivity contribution in [3.8, 4) is 0 Å². The van der Waals surface area contributed by atoms with Crippen molar-refractivity contribution in [1.29, 1.82) is 0 Å². The molecule has 1 amide bonds. The molecule has 2 aromatic carbocycles. The number of nitrogens with one attached hydrogen (secondary N) is 3. The van der Waals surface area contributed by atoms with E-state index in [9.17, 15) is 28.7 Å². The van der Waals surface area contributed by atoms with Crippen molar-refractivity contribution in [3.05, 3.63) is 77.0 Å². The van der Waals surface area contributed by atoms with E-state index < -0.39 is 61.0 Å². The summed E-state index contributed by atoms with van der Waals surface area (Å²) in [5, 5.41) is 14.1. The molecule has 0 aliphatic carbocycles. The Morgan fingerprint density at radius 1 is 1.11 bits per heavy atom. The number of esters is 2. The molecule has 1 saturated heterocycles. The van der Waals surface area contributed by atoms with E-state index in [1.807, 2.05) is 36.4 Å². The molecular formula is C33H38FN3O9. The third-order valence-corrected chi connectivity index (χ3v) is 7.63. The van der Waals surface area contributed by atoms with Gasteiger partial charge < -0.3 is 29.6 Å². The number of halogens is 1. The molecule has 0 spiro atoms. The lowest BCUT2D eigenvalue weighted by molar-refractivity contribution is -0.305. The number of amides is 1. The summed E-state index contributed by atoms with van der Waals surface area (Å²) in [7, 11) is 0. The molecule has 0 unspecified atom stereocenters. The van der Waals surface area contributed by atoms with E-state index in [2.05, 4.69) is 34.8 Å². The molecule has 0 saturated carbocycles. The van der Waals surface area contributed by atoms with Crippen LogP contribution < -0.4 is 10.8 Å². The second-order valence-corrected chi connectivity index (χ2v) is 11.0. The molecule has 1 aliphatic rings. The fourth-order valence-corrected chi connectivity index (χ4v) is 5.61. The Hall–Kier alpha value is -4.59. The number of rotatable bonds is 14. The lowest BCUT2D eigenvalue weighted by Gasteiger charge is -2.47. The number of carbonyl (C=O) groups excluding carboxylic acids is 3. The van der Waals surface area contributed by atoms with E-state index in [1.165, 1.54) is 22.7 Å². The number of ether oxygens (including phenoxy) is 3. The maximum absolute atomic E-state index is 14.1. The third-order valence-electron chi connectivity index (χ3n) is 7.63. The number of H-pyrrole nitrogens is 1. The van der Waals surface area contributed by atoms with Crippen LogP contribution in [0, 0.1) is 6.92 Å². The summed E-state index contributed by atoms with van der Waals surface area (Å²) in [6.07, 6.45) is -1.97. The van der Waals surface area contributed by atoms with E-state index in [4.69, 9.17) is 19.0 Å². The highest BCUT2D eigenvalue weighted by Crippen LogP contribution is 2.38. The van der Waals surface area contributed by atoms with E-state index in [0.29, 0.717) is 6.54 Å². The van der Waals surface area contributed by atoms with Crippen LogP contribution in [-0.2, 0) is 51.2 Å². The van der Waals surface area contributed by atoms with Gasteiger partial charge in [-0.15, -0.1) is 0 Å². The Labute approximate surface area is 265 Å². The van der Waals surface area contributed by atoms with Gasteiger partial charge in [0.1, 0.15) is 18.9 Å². The number of carbonyl (C=O) groups is 4. The van der Waals surface area contributed by atoms with Gasteiger partial charge in [0.25, 0.3) is 5.91 Å². The number of fused-ring (bicyclic) bond motifs is 1. The quantitative estimate of drug-likeness (QED) is 0.0885. The van der Waals surface area contributed by atoms with Crippen molar-refractivity contribution in [2.75, 3.05) is 13.2 Å². The minimum absolute atomic E-state index is 0.350. The van der Waals surface area contributed by atoms with Gasteiger partial charge in [0.05, 0.1) is 6.42 Å². The summed E-state index contributed by atoms with van der Waals surface area (Å²) >= 11 is 0. The predicted octanol–water partition coefficient (Wildman–Crippen LogP) is 3.66. The second-order valence-electron chi connectivity index (χ2n) is 11.0. The molecule has 0 radical (unpaired) electrons. The van der Waals surface area contributed by atoms with Gasteiger partial charge in [0.2, 0.25) is 0 Å². The first-order valence-electron chi connectivity index (χ1n) is 14.8. The van der Waals surface area contributed by atoms with Gasteiger partial charge in [-0.25, -0.2) is 14.7 Å². The van der Waals surface area contributed by atoms with Gasteiger partial charge in [0.15, 0.2) is 11.9 Å². The molecule has 1 aromatic heterocycles. The highest BCUT2D eigenvalue weighted by atomic mass is 19.1. The second kappa shape index (κ2) is 15.6. The first-order chi connectivity index (χ1) is 22.0. The Bertz CT molecular complexity index is 1550. The molecule has 3 aromatic rings. The van der Waals surface area contributed by atoms with Crippen molar-refractivity contribution in [2.45, 2.75) is 70.7 Å². The van der Waals surface area contributed by atoms with Crippen LogP contribution in [0.4, 0.5) is 4.39 Å². The Morgan fingerprint density at radius 2 is 1.85 bits per heavy atom. The molecule has 1 aliphatic heterocycles. The molecule has 4 N–H and O–H groups in total. The molecule has 1 fully saturated rings. The van der Waals surface area contributed by atoms with Crippen molar-refractivity contribution in [1.82, 2.24) is 15.8 Å². The van der Waals surface area contributed by atoms with Crippen molar-refractivity contribution >= 4 is 40.8 Å². The number of aromatic nitrogens is 1. The van der Waals surface area contributed by atoms with E-state index in [0.717, 1.165) is 43.5 Å². The van der Waals surface area contributed by atoms with Gasteiger partial charge >= 0.3 is 17.9 Å². The summed E-state index contributed by atoms with van der Waals surface area (Å²) in [5.74, 6) is -3.83. The normalized spacial score (nSPS) is 21.3. The van der Waals surface area contributed by atoms with E-state index in [1.54, 1.807) is 6.08 Å². The average molecular weight is 640 g/mol. The Balaban J connectivity index is 1.27. The monoisotopic (exact) mass is 639 g/mol. The number of aryl methyl sites for hydroxylation is 1. The van der Waals surface area contributed by atoms with Crippen LogP contribution in [0.3, 0.4) is 0 Å². The van der Waals surface area contributed by atoms with Crippen LogP contribution in [0.15, 0.2) is 54.6 Å². The summed E-state index contributed by atoms with van der Waals surface area (Å²) in [6.45, 7) is 4.37. The van der Waals surface area contributed by atoms with Crippen LogP contribution in [-0.4, -0.2) is 71.2 Å². The van der Waals surface area contributed by atoms with Gasteiger partial charge in [0, 0.05) is 49.5 Å². The third kappa shape index (κ3) is 8.77. The lowest BCUT2D eigenvalue weighted by Crippen LogP contribution is -2.64. The molecule has 4 rings (SSSR count). The van der Waals surface area contributed by atoms with Gasteiger partial charge in [-0.2, -0.15) is 0 Å². The zero-order chi connectivity index (χ0) is 33.3. The topological polar surface area (TPSA) is 165 Å². The number of para-hydroxylation sites is 1. The van der Waals surface area contributed by atoms with Crippen LogP contribution in [0.25, 0.3) is 17.0 Å². The fraction of sp³-hybridized carbons (Fsp3) is 0.394. The number of aromatic amines is 1. The van der Waals surface area contributed by atoms with Crippen LogP contribution in [0.2, 0.25) is 0 Å². The number of hydrogen-bond acceptors (Lipinski definition) is 9. The summed E-state index contributed by atoms with van der Waals surface area (Å²) in [5.41, 5.74) is 5.49. The molecule has 4 atom stereocenters. The number of aliphatic carboxylic acids is 1. The number of hydrogen-bond donors (Lipinski definition) is 4. The maximum atomic E-state index is 14.1. The lowest BCUT2D eigenvalue weighted by atomic mass is 9.82. The van der Waals surface area contributed by atoms with Crippen molar-refractivity contribution in [3.63, 3.8) is 0 Å². The molecule has 13 heteroatoms. The first-order valence-corrected chi connectivity index (χ1v) is 14.8. The van der Waals surface area contributed by atoms with Crippen molar-refractivity contribution in [2.24, 2.45) is 0 Å². The van der Waals surface area contributed by atoms with Crippen LogP contribution >= 0.6 is 0 Å². The highest BCUT2D eigenvalue weighted by molar-refractivity contribution is 5.91. The SMILES string of the molecule is CC(=O)O[C@H]1C[C@H](ONC(=O)/C=C/c2ccc(CNCCc3c(C)[nH]c4ccccc34)cc2)O[C@H](CF)[C@]1(CC(=O)O)OC(C)=O. The largest absolute Gasteiger partial charge is 0.481 e. The Kier molecular flexibility index (Phi) is 11.6.